The maximum Gasteiger partial charge on any atom is 0.255 e. The summed E-state index contributed by atoms with van der Waals surface area (Å²) in [5.74, 6) is -1.03. The molecule has 4 nitrogen and oxygen atoms in total. The minimum atomic E-state index is -0.468. The van der Waals surface area contributed by atoms with Gasteiger partial charge in [0.05, 0.1) is 23.2 Å². The molecular formula is C13H16FN3O. The molecule has 0 saturated carbocycles. The number of para-hydroxylation sites is 1. The zero-order chi connectivity index (χ0) is 13.7. The molecule has 1 N–H and O–H groups in total. The molecule has 0 fully saturated rings. The molecule has 1 unspecified atom stereocenters. The first-order valence-corrected chi connectivity index (χ1v) is 5.62. The Kier molecular flexibility index (Phi) is 4.67. The van der Waals surface area contributed by atoms with Crippen molar-refractivity contribution in [1.29, 1.82) is 5.26 Å². The average molecular weight is 249 g/mol. The monoisotopic (exact) mass is 249 g/mol. The third-order valence-corrected chi connectivity index (χ3v) is 2.61. The van der Waals surface area contributed by atoms with Gasteiger partial charge in [0.25, 0.3) is 5.91 Å². The largest absolute Gasteiger partial charge is 0.385 e. The molecule has 0 saturated heterocycles. The number of nitrogens with one attached hydrogen (secondary N) is 1. The van der Waals surface area contributed by atoms with Crippen LogP contribution in [0.1, 0.15) is 17.3 Å². The standard InChI is InChI=1S/C13H16FN3O/c1-9(7-15)8-17(3)13(18)10-5-4-6-11(14)12(10)16-2/h4-6,9,16H,8H2,1-3H3. The summed E-state index contributed by atoms with van der Waals surface area (Å²) in [4.78, 5) is 13.6. The Morgan fingerprint density at radius 2 is 2.28 bits per heavy atom. The molecule has 0 aromatic heterocycles. The van der Waals surface area contributed by atoms with Gasteiger partial charge in [-0.05, 0) is 19.1 Å². The topological polar surface area (TPSA) is 56.1 Å². The van der Waals surface area contributed by atoms with Crippen molar-refractivity contribution in [3.63, 3.8) is 0 Å². The second-order valence-corrected chi connectivity index (χ2v) is 4.13. The van der Waals surface area contributed by atoms with Gasteiger partial charge in [0, 0.05) is 20.6 Å². The zero-order valence-corrected chi connectivity index (χ0v) is 10.7. The molecule has 18 heavy (non-hydrogen) atoms. The third kappa shape index (κ3) is 2.98. The lowest BCUT2D eigenvalue weighted by atomic mass is 10.1. The fourth-order valence-corrected chi connectivity index (χ4v) is 1.70. The van der Waals surface area contributed by atoms with Gasteiger partial charge in [0.15, 0.2) is 0 Å². The van der Waals surface area contributed by atoms with Crippen molar-refractivity contribution in [2.24, 2.45) is 5.92 Å². The van der Waals surface area contributed by atoms with Crippen molar-refractivity contribution < 1.29 is 9.18 Å². The molecule has 1 rings (SSSR count). The molecule has 1 aromatic rings. The van der Waals surface area contributed by atoms with Crippen molar-refractivity contribution in [1.82, 2.24) is 4.90 Å². The van der Waals surface area contributed by atoms with Crippen molar-refractivity contribution >= 4 is 11.6 Å². The molecule has 0 radical (unpaired) electrons. The van der Waals surface area contributed by atoms with Gasteiger partial charge in [-0.25, -0.2) is 4.39 Å². The minimum Gasteiger partial charge on any atom is -0.385 e. The van der Waals surface area contributed by atoms with Crippen LogP contribution < -0.4 is 5.32 Å². The van der Waals surface area contributed by atoms with Crippen molar-refractivity contribution in [2.45, 2.75) is 6.92 Å². The number of carbonyl (C=O) groups is 1. The Morgan fingerprint density at radius 3 is 2.83 bits per heavy atom. The number of hydrogen-bond acceptors (Lipinski definition) is 3. The molecule has 0 aliphatic rings. The van der Waals surface area contributed by atoms with Crippen LogP contribution in [0.15, 0.2) is 18.2 Å². The summed E-state index contributed by atoms with van der Waals surface area (Å²) in [5.41, 5.74) is 0.448. The number of amides is 1. The van der Waals surface area contributed by atoms with Gasteiger partial charge in [0.2, 0.25) is 0 Å². The van der Waals surface area contributed by atoms with Crippen LogP contribution in [0.3, 0.4) is 0 Å². The Morgan fingerprint density at radius 1 is 1.61 bits per heavy atom. The highest BCUT2D eigenvalue weighted by molar-refractivity contribution is 5.99. The summed E-state index contributed by atoms with van der Waals surface area (Å²) >= 11 is 0. The number of anilines is 1. The summed E-state index contributed by atoms with van der Waals surface area (Å²) in [6, 6.07) is 6.40. The van der Waals surface area contributed by atoms with E-state index in [0.29, 0.717) is 6.54 Å². The maximum absolute atomic E-state index is 13.5. The van der Waals surface area contributed by atoms with E-state index in [0.717, 1.165) is 0 Å². The lowest BCUT2D eigenvalue weighted by Gasteiger charge is -2.20. The van der Waals surface area contributed by atoms with E-state index in [1.165, 1.54) is 17.0 Å². The number of hydrogen-bond donors (Lipinski definition) is 1. The van der Waals surface area contributed by atoms with Crippen molar-refractivity contribution in [3.05, 3.63) is 29.6 Å². The number of carbonyl (C=O) groups excluding carboxylic acids is 1. The number of benzene rings is 1. The smallest absolute Gasteiger partial charge is 0.255 e. The van der Waals surface area contributed by atoms with Crippen molar-refractivity contribution in [2.75, 3.05) is 26.0 Å². The first kappa shape index (κ1) is 14.0. The molecule has 0 heterocycles. The van der Waals surface area contributed by atoms with E-state index >= 15 is 0 Å². The fraction of sp³-hybridized carbons (Fsp3) is 0.385. The van der Waals surface area contributed by atoms with Crippen LogP contribution in [0.2, 0.25) is 0 Å². The number of nitriles is 1. The van der Waals surface area contributed by atoms with Gasteiger partial charge in [-0.15, -0.1) is 0 Å². The van der Waals surface area contributed by atoms with E-state index in [1.807, 2.05) is 0 Å². The summed E-state index contributed by atoms with van der Waals surface area (Å²) in [5, 5.41) is 11.4. The van der Waals surface area contributed by atoms with Crippen LogP contribution in [-0.4, -0.2) is 31.4 Å². The van der Waals surface area contributed by atoms with Crippen LogP contribution in [-0.2, 0) is 0 Å². The maximum atomic E-state index is 13.5. The molecule has 96 valence electrons. The Hall–Kier alpha value is -2.09. The first-order chi connectivity index (χ1) is 8.51. The summed E-state index contributed by atoms with van der Waals surface area (Å²) < 4.78 is 13.5. The van der Waals surface area contributed by atoms with Crippen LogP contribution in [0.4, 0.5) is 10.1 Å². The lowest BCUT2D eigenvalue weighted by molar-refractivity contribution is 0.0785. The summed E-state index contributed by atoms with van der Waals surface area (Å²) in [7, 11) is 3.16. The van der Waals surface area contributed by atoms with Crippen LogP contribution in [0.25, 0.3) is 0 Å². The van der Waals surface area contributed by atoms with Gasteiger partial charge in [-0.3, -0.25) is 4.79 Å². The van der Waals surface area contributed by atoms with E-state index in [4.69, 9.17) is 5.26 Å². The number of rotatable bonds is 4. The summed E-state index contributed by atoms with van der Waals surface area (Å²) in [6.07, 6.45) is 0. The van der Waals surface area contributed by atoms with Crippen LogP contribution in [0, 0.1) is 23.1 Å². The number of nitrogens with zero attached hydrogens (tertiary/aromatic N) is 2. The Labute approximate surface area is 106 Å². The average Bonchev–Trinajstić information content (AvgIpc) is 2.37. The molecule has 0 bridgehead atoms. The van der Waals surface area contributed by atoms with E-state index < -0.39 is 5.82 Å². The molecule has 0 aliphatic carbocycles. The van der Waals surface area contributed by atoms with Gasteiger partial charge < -0.3 is 10.2 Å². The lowest BCUT2D eigenvalue weighted by Crippen LogP contribution is -2.31. The Bertz CT molecular complexity index is 482. The van der Waals surface area contributed by atoms with E-state index in [9.17, 15) is 9.18 Å². The molecular weight excluding hydrogens is 233 g/mol. The highest BCUT2D eigenvalue weighted by Crippen LogP contribution is 2.20. The minimum absolute atomic E-state index is 0.180. The first-order valence-electron chi connectivity index (χ1n) is 5.62. The molecule has 1 aromatic carbocycles. The SMILES string of the molecule is CNc1c(F)cccc1C(=O)N(C)CC(C)C#N. The highest BCUT2D eigenvalue weighted by Gasteiger charge is 2.19. The second-order valence-electron chi connectivity index (χ2n) is 4.13. The van der Waals surface area contributed by atoms with E-state index in [1.54, 1.807) is 27.1 Å². The van der Waals surface area contributed by atoms with Crippen LogP contribution >= 0.6 is 0 Å². The van der Waals surface area contributed by atoms with Gasteiger partial charge in [-0.2, -0.15) is 5.26 Å². The molecule has 5 heteroatoms. The predicted octanol–water partition coefficient (Wildman–Crippen LogP) is 2.10. The molecule has 0 spiro atoms. The van der Waals surface area contributed by atoms with Crippen molar-refractivity contribution in [3.8, 4) is 6.07 Å². The van der Waals surface area contributed by atoms with Crippen LogP contribution in [0.5, 0.6) is 0 Å². The van der Waals surface area contributed by atoms with E-state index in [2.05, 4.69) is 11.4 Å². The predicted molar refractivity (Wildman–Crippen MR) is 67.7 cm³/mol. The quantitative estimate of drug-likeness (QED) is 0.889. The molecule has 0 aliphatic heterocycles. The van der Waals surface area contributed by atoms with Gasteiger partial charge in [0.1, 0.15) is 5.82 Å². The molecule has 1 atom stereocenters. The van der Waals surface area contributed by atoms with Gasteiger partial charge >= 0.3 is 0 Å². The number of halogens is 1. The normalized spacial score (nSPS) is 11.5. The Balaban J connectivity index is 2.97. The molecule has 1 amide bonds. The highest BCUT2D eigenvalue weighted by atomic mass is 19.1. The summed E-state index contributed by atoms with van der Waals surface area (Å²) in [6.45, 7) is 2.04. The fourth-order valence-electron chi connectivity index (χ4n) is 1.70. The zero-order valence-electron chi connectivity index (χ0n) is 10.7. The third-order valence-electron chi connectivity index (χ3n) is 2.61. The van der Waals surface area contributed by atoms with E-state index in [-0.39, 0.29) is 23.1 Å². The van der Waals surface area contributed by atoms with Gasteiger partial charge in [-0.1, -0.05) is 6.07 Å². The second kappa shape index (κ2) is 6.01.